The number of benzene rings is 11. The predicted octanol–water partition coefficient (Wildman–Crippen LogP) is 21.0. The lowest BCUT2D eigenvalue weighted by Gasteiger charge is -2.46. The quantitative estimate of drug-likeness (QED) is 0.151. The first-order chi connectivity index (χ1) is 42.9. The Morgan fingerprint density at radius 1 is 0.356 bits per heavy atom. The average molecular weight is 1120 g/mol. The van der Waals surface area contributed by atoms with Crippen LogP contribution in [0.3, 0.4) is 0 Å². The van der Waals surface area contributed by atoms with Gasteiger partial charge in [-0.25, -0.2) is 4.98 Å². The van der Waals surface area contributed by atoms with Gasteiger partial charge in [0.1, 0.15) is 17.2 Å². The third-order valence-electron chi connectivity index (χ3n) is 19.1. The molecular formula is C81H54N4O2. The van der Waals surface area contributed by atoms with Crippen LogP contribution in [0.2, 0.25) is 0 Å². The smallest absolute Gasteiger partial charge is 0.227 e. The van der Waals surface area contributed by atoms with Gasteiger partial charge in [-0.05, 0) is 163 Å². The number of para-hydroxylation sites is 1. The van der Waals surface area contributed by atoms with Gasteiger partial charge in [-0.2, -0.15) is 0 Å². The zero-order valence-electron chi connectivity index (χ0n) is 47.8. The van der Waals surface area contributed by atoms with Gasteiger partial charge >= 0.3 is 0 Å². The maximum Gasteiger partial charge on any atom is 0.227 e. The summed E-state index contributed by atoms with van der Waals surface area (Å²) in [5.41, 5.74) is 26.1. The lowest BCUT2D eigenvalue weighted by Crippen LogP contribution is -2.40. The summed E-state index contributed by atoms with van der Waals surface area (Å²) in [5.74, 6) is 0. The molecule has 0 bridgehead atoms. The van der Waals surface area contributed by atoms with Gasteiger partial charge in [0.05, 0.1) is 16.8 Å². The van der Waals surface area contributed by atoms with E-state index >= 15 is 0 Å². The molecular weight excluding hydrogens is 1060 g/mol. The summed E-state index contributed by atoms with van der Waals surface area (Å²) in [4.78, 5) is 14.7. The Kier molecular flexibility index (Phi) is 10.6. The lowest BCUT2D eigenvalue weighted by molar-refractivity contribution is 0.563. The highest BCUT2D eigenvalue weighted by Gasteiger charge is 2.54. The minimum Gasteiger partial charge on any atom is -0.456 e. The number of anilines is 5. The van der Waals surface area contributed by atoms with Crippen LogP contribution >= 0.6 is 0 Å². The van der Waals surface area contributed by atoms with Gasteiger partial charge in [-0.3, -0.25) is 4.98 Å². The summed E-state index contributed by atoms with van der Waals surface area (Å²) < 4.78 is 14.2. The molecule has 0 saturated carbocycles. The SMILES string of the molecule is CC1(C)c2ccccc2C2(c3cc(N(c4cccc(-c5ccccc5)c4)c4cccc5c4oc4ncccc45)ccc3-c3cc4c(cc32)oc2cc(N(c3cccc(-c5ccccc5)c3)C3c5ccccc5-c5cccnc53)ccc24)c2ccccc21. The largest absolute Gasteiger partial charge is 0.456 e. The van der Waals surface area contributed by atoms with Crippen LogP contribution in [0.4, 0.5) is 28.4 Å². The molecule has 0 amide bonds. The average Bonchev–Trinajstić information content (AvgIpc) is 1.58. The van der Waals surface area contributed by atoms with Crippen molar-refractivity contribution < 1.29 is 8.83 Å². The summed E-state index contributed by atoms with van der Waals surface area (Å²) in [6, 6.07) is 99.5. The normalized spacial score (nSPS) is 14.6. The van der Waals surface area contributed by atoms with Gasteiger partial charge in [-0.15, -0.1) is 0 Å². The zero-order valence-corrected chi connectivity index (χ0v) is 47.8. The summed E-state index contributed by atoms with van der Waals surface area (Å²) in [6.07, 6.45) is 3.73. The highest BCUT2D eigenvalue weighted by atomic mass is 16.3. The lowest BCUT2D eigenvalue weighted by atomic mass is 9.55. The van der Waals surface area contributed by atoms with E-state index in [-0.39, 0.29) is 11.5 Å². The van der Waals surface area contributed by atoms with Gasteiger partial charge in [-0.1, -0.05) is 196 Å². The van der Waals surface area contributed by atoms with E-state index in [4.69, 9.17) is 18.8 Å². The Morgan fingerprint density at radius 3 is 1.70 bits per heavy atom. The number of rotatable bonds is 8. The van der Waals surface area contributed by atoms with E-state index in [9.17, 15) is 0 Å². The van der Waals surface area contributed by atoms with Gasteiger partial charge in [0.25, 0.3) is 0 Å². The maximum absolute atomic E-state index is 7.37. The van der Waals surface area contributed by atoms with Crippen LogP contribution in [-0.2, 0) is 10.8 Å². The van der Waals surface area contributed by atoms with E-state index in [1.54, 1.807) is 6.20 Å². The fraction of sp³-hybridized carbons (Fsp3) is 0.0617. The molecule has 0 aliphatic heterocycles. The molecule has 6 heteroatoms. The molecule has 0 N–H and O–H groups in total. The molecule has 4 heterocycles. The van der Waals surface area contributed by atoms with E-state index in [0.717, 1.165) is 100 Å². The van der Waals surface area contributed by atoms with Crippen LogP contribution in [0.1, 0.15) is 64.5 Å². The summed E-state index contributed by atoms with van der Waals surface area (Å²) >= 11 is 0. The number of furan rings is 2. The van der Waals surface area contributed by atoms with Crippen molar-refractivity contribution in [3.63, 3.8) is 0 Å². The molecule has 3 aliphatic carbocycles. The zero-order chi connectivity index (χ0) is 57.5. The van der Waals surface area contributed by atoms with Crippen molar-refractivity contribution in [3.05, 3.63) is 330 Å². The van der Waals surface area contributed by atoms with Crippen LogP contribution in [0.15, 0.2) is 294 Å². The highest BCUT2D eigenvalue weighted by molar-refractivity contribution is 6.11. The van der Waals surface area contributed by atoms with Crippen molar-refractivity contribution in [2.75, 3.05) is 9.80 Å². The molecule has 6 nitrogen and oxygen atoms in total. The number of fused-ring (bicyclic) bond motifs is 18. The van der Waals surface area contributed by atoms with Crippen molar-refractivity contribution >= 4 is 72.4 Å². The Hall–Kier alpha value is -11.1. The fourth-order valence-electron chi connectivity index (χ4n) is 15.3. The summed E-state index contributed by atoms with van der Waals surface area (Å²) in [5, 5.41) is 4.12. The third-order valence-corrected chi connectivity index (χ3v) is 19.1. The molecule has 87 heavy (non-hydrogen) atoms. The number of hydrogen-bond donors (Lipinski definition) is 0. The predicted molar refractivity (Wildman–Crippen MR) is 354 cm³/mol. The molecule has 0 radical (unpaired) electrons. The van der Waals surface area contributed by atoms with Crippen LogP contribution in [0.25, 0.3) is 88.5 Å². The molecule has 18 rings (SSSR count). The van der Waals surface area contributed by atoms with Crippen molar-refractivity contribution in [3.8, 4) is 44.5 Å². The Bertz CT molecular complexity index is 5210. The molecule has 4 aromatic heterocycles. The van der Waals surface area contributed by atoms with E-state index in [1.807, 2.05) is 18.3 Å². The second-order valence-corrected chi connectivity index (χ2v) is 23.9. The van der Waals surface area contributed by atoms with Crippen LogP contribution in [0.5, 0.6) is 0 Å². The van der Waals surface area contributed by atoms with Gasteiger partial charge in [0.2, 0.25) is 5.71 Å². The molecule has 0 saturated heterocycles. The number of hydrogen-bond acceptors (Lipinski definition) is 6. The van der Waals surface area contributed by atoms with Gasteiger partial charge in [0.15, 0.2) is 5.58 Å². The number of aromatic nitrogens is 2. The van der Waals surface area contributed by atoms with Crippen molar-refractivity contribution in [1.29, 1.82) is 0 Å². The molecule has 1 spiro atoms. The minimum atomic E-state index is -0.745. The van der Waals surface area contributed by atoms with Crippen molar-refractivity contribution in [2.45, 2.75) is 30.7 Å². The monoisotopic (exact) mass is 1110 g/mol. The second-order valence-electron chi connectivity index (χ2n) is 23.9. The third kappa shape index (κ3) is 7.16. The fourth-order valence-corrected chi connectivity index (χ4v) is 15.3. The summed E-state index contributed by atoms with van der Waals surface area (Å²) in [6.45, 7) is 4.77. The number of nitrogens with zero attached hydrogens (tertiary/aromatic N) is 4. The van der Waals surface area contributed by atoms with E-state index in [0.29, 0.717) is 5.71 Å². The van der Waals surface area contributed by atoms with E-state index < -0.39 is 5.41 Å². The van der Waals surface area contributed by atoms with E-state index in [2.05, 4.69) is 285 Å². The van der Waals surface area contributed by atoms with Crippen LogP contribution in [0, 0.1) is 0 Å². The first-order valence-corrected chi connectivity index (χ1v) is 30.0. The molecule has 1 atom stereocenters. The highest BCUT2D eigenvalue weighted by Crippen LogP contribution is 2.64. The van der Waals surface area contributed by atoms with Gasteiger partial charge in [0, 0.05) is 73.7 Å². The van der Waals surface area contributed by atoms with Crippen LogP contribution in [-0.4, -0.2) is 9.97 Å². The molecule has 410 valence electrons. The van der Waals surface area contributed by atoms with E-state index in [1.165, 1.54) is 55.6 Å². The second kappa shape index (κ2) is 18.7. The Morgan fingerprint density at radius 2 is 0.931 bits per heavy atom. The standard InChI is InChI=1S/C81H54N4O2/c1-80(2)67-33-11-13-35-69(67)81(70-36-14-12-34-68(70)80)71-46-56(84(54-26-15-24-52(44-54)50-20-5-3-6-21-50)73-37-17-30-63-64-32-19-43-83-79(64)87-78(63)73)38-40-59(71)65-48-66-60-41-39-57(47-74(60)86-75(66)49-72(65)81)85(55-27-16-25-53(45-55)51-22-7-4-8-23-51)77-62-29-10-9-28-58(62)61-31-18-42-82-76(61)77/h3-49,77H,1-2H3. The first-order valence-electron chi connectivity index (χ1n) is 30.0. The first kappa shape index (κ1) is 49.4. The minimum absolute atomic E-state index is 0.196. The molecule has 1 unspecified atom stereocenters. The molecule has 0 fully saturated rings. The Labute approximate surface area is 503 Å². The van der Waals surface area contributed by atoms with Crippen molar-refractivity contribution in [1.82, 2.24) is 9.97 Å². The molecule has 11 aromatic carbocycles. The van der Waals surface area contributed by atoms with Crippen LogP contribution < -0.4 is 9.80 Å². The molecule has 3 aliphatic rings. The molecule has 15 aromatic rings. The Balaban J connectivity index is 0.869. The summed E-state index contributed by atoms with van der Waals surface area (Å²) in [7, 11) is 0. The van der Waals surface area contributed by atoms with Gasteiger partial charge < -0.3 is 18.6 Å². The topological polar surface area (TPSA) is 58.5 Å². The number of pyridine rings is 2. The van der Waals surface area contributed by atoms with Crippen molar-refractivity contribution in [2.24, 2.45) is 0 Å². The maximum atomic E-state index is 7.37.